The normalized spacial score (nSPS) is 17.7. The zero-order valence-electron chi connectivity index (χ0n) is 14.2. The van der Waals surface area contributed by atoms with Crippen molar-refractivity contribution >= 4 is 33.2 Å². The predicted molar refractivity (Wildman–Crippen MR) is 91.0 cm³/mol. The van der Waals surface area contributed by atoms with Gasteiger partial charge in [0.2, 0.25) is 5.91 Å². The number of nitrogens with zero attached hydrogens (tertiary/aromatic N) is 1. The van der Waals surface area contributed by atoms with Gasteiger partial charge in [-0.2, -0.15) is 13.2 Å². The van der Waals surface area contributed by atoms with Gasteiger partial charge in [0.05, 0.1) is 11.5 Å². The standard InChI is InChI=1S/C17H16F4N2O3S/c1-26-7-9-13-10(18)3-2-4-12(13)27-14(9)15(24)22-11-5-6-23(16(11)25)8-17(19,20)21/h2-4,11H,5-8H2,1H3,(H,22,24)/t11-/m0/s1. The molecular formula is C17H16F4N2O3S. The highest BCUT2D eigenvalue weighted by Gasteiger charge is 2.40. The van der Waals surface area contributed by atoms with Gasteiger partial charge in [0.15, 0.2) is 0 Å². The van der Waals surface area contributed by atoms with Crippen molar-refractivity contribution in [3.63, 3.8) is 0 Å². The maximum atomic E-state index is 14.2. The molecule has 0 unspecified atom stereocenters. The maximum absolute atomic E-state index is 14.2. The molecule has 2 amide bonds. The summed E-state index contributed by atoms with van der Waals surface area (Å²) in [6, 6.07) is 3.41. The van der Waals surface area contributed by atoms with E-state index >= 15 is 0 Å². The minimum atomic E-state index is -4.50. The monoisotopic (exact) mass is 404 g/mol. The lowest BCUT2D eigenvalue weighted by Crippen LogP contribution is -2.43. The Labute approximate surface area is 155 Å². The molecule has 2 heterocycles. The van der Waals surface area contributed by atoms with E-state index in [0.717, 1.165) is 11.3 Å². The fourth-order valence-electron chi connectivity index (χ4n) is 3.10. The first-order valence-corrected chi connectivity index (χ1v) is 8.88. The summed E-state index contributed by atoms with van der Waals surface area (Å²) < 4.78 is 57.3. The van der Waals surface area contributed by atoms with Gasteiger partial charge in [-0.15, -0.1) is 11.3 Å². The number of rotatable bonds is 5. The van der Waals surface area contributed by atoms with Crippen LogP contribution in [0.25, 0.3) is 10.1 Å². The van der Waals surface area contributed by atoms with Gasteiger partial charge in [-0.1, -0.05) is 6.07 Å². The van der Waals surface area contributed by atoms with E-state index in [4.69, 9.17) is 4.74 Å². The summed E-state index contributed by atoms with van der Waals surface area (Å²) in [6.07, 6.45) is -4.41. The Kier molecular flexibility index (Phi) is 5.38. The number of fused-ring (bicyclic) bond motifs is 1. The maximum Gasteiger partial charge on any atom is 0.406 e. The van der Waals surface area contributed by atoms with Crippen LogP contribution < -0.4 is 5.32 Å². The van der Waals surface area contributed by atoms with Crippen molar-refractivity contribution < 1.29 is 31.9 Å². The highest BCUT2D eigenvalue weighted by molar-refractivity contribution is 7.21. The third kappa shape index (κ3) is 4.06. The number of amides is 2. The first kappa shape index (κ1) is 19.6. The van der Waals surface area contributed by atoms with Crippen molar-refractivity contribution in [2.45, 2.75) is 25.2 Å². The third-order valence-corrected chi connectivity index (χ3v) is 5.43. The number of methoxy groups -OCH3 is 1. The minimum Gasteiger partial charge on any atom is -0.380 e. The van der Waals surface area contributed by atoms with Crippen LogP contribution in [0.1, 0.15) is 21.7 Å². The average Bonchev–Trinajstić information content (AvgIpc) is 3.10. The van der Waals surface area contributed by atoms with Gasteiger partial charge in [-0.05, 0) is 18.6 Å². The average molecular weight is 404 g/mol. The van der Waals surface area contributed by atoms with Gasteiger partial charge in [0.25, 0.3) is 5.91 Å². The van der Waals surface area contributed by atoms with Gasteiger partial charge in [0.1, 0.15) is 18.4 Å². The number of carbonyl (C=O) groups is 2. The molecule has 1 atom stereocenters. The molecular weight excluding hydrogens is 388 g/mol. The van der Waals surface area contributed by atoms with Crippen LogP contribution in [0, 0.1) is 5.82 Å². The number of ether oxygens (including phenoxy) is 1. The fraction of sp³-hybridized carbons (Fsp3) is 0.412. The zero-order valence-corrected chi connectivity index (χ0v) is 15.0. The van der Waals surface area contributed by atoms with Crippen LogP contribution in [-0.4, -0.2) is 49.1 Å². The molecule has 1 saturated heterocycles. The molecule has 1 fully saturated rings. The molecule has 0 bridgehead atoms. The smallest absolute Gasteiger partial charge is 0.380 e. The molecule has 3 rings (SSSR count). The summed E-state index contributed by atoms with van der Waals surface area (Å²) in [5.41, 5.74) is 0.352. The first-order chi connectivity index (χ1) is 12.7. The van der Waals surface area contributed by atoms with E-state index in [1.54, 1.807) is 6.07 Å². The van der Waals surface area contributed by atoms with Gasteiger partial charge >= 0.3 is 6.18 Å². The quantitative estimate of drug-likeness (QED) is 0.780. The predicted octanol–water partition coefficient (Wildman–Crippen LogP) is 3.08. The van der Waals surface area contributed by atoms with Crippen molar-refractivity contribution in [3.8, 4) is 0 Å². The lowest BCUT2D eigenvalue weighted by atomic mass is 10.1. The molecule has 146 valence electrons. The lowest BCUT2D eigenvalue weighted by Gasteiger charge is -2.18. The largest absolute Gasteiger partial charge is 0.406 e. The van der Waals surface area contributed by atoms with Crippen molar-refractivity contribution in [3.05, 3.63) is 34.5 Å². The van der Waals surface area contributed by atoms with E-state index in [1.165, 1.54) is 19.2 Å². The molecule has 10 heteroatoms. The van der Waals surface area contributed by atoms with Crippen molar-refractivity contribution in [1.82, 2.24) is 10.2 Å². The third-order valence-electron chi connectivity index (χ3n) is 4.23. The number of halogens is 4. The SMILES string of the molecule is COCc1c(C(=O)N[C@H]2CCN(CC(F)(F)F)C2=O)sc2cccc(F)c12. The Bertz CT molecular complexity index is 881. The number of hydrogen-bond acceptors (Lipinski definition) is 4. The van der Waals surface area contributed by atoms with Gasteiger partial charge in [0, 0.05) is 29.3 Å². The molecule has 0 radical (unpaired) electrons. The van der Waals surface area contributed by atoms with Crippen LogP contribution in [0.15, 0.2) is 18.2 Å². The molecule has 1 aliphatic heterocycles. The Hall–Kier alpha value is -2.20. The Balaban J connectivity index is 1.82. The second-order valence-corrected chi connectivity index (χ2v) is 7.20. The first-order valence-electron chi connectivity index (χ1n) is 8.06. The van der Waals surface area contributed by atoms with Crippen LogP contribution >= 0.6 is 11.3 Å². The summed E-state index contributed by atoms with van der Waals surface area (Å²) in [5, 5.41) is 2.74. The van der Waals surface area contributed by atoms with E-state index in [-0.39, 0.29) is 29.8 Å². The number of alkyl halides is 3. The number of hydrogen-bond donors (Lipinski definition) is 1. The molecule has 2 aromatic rings. The van der Waals surface area contributed by atoms with Gasteiger partial charge in [-0.3, -0.25) is 9.59 Å². The van der Waals surface area contributed by atoms with Crippen LogP contribution in [0.3, 0.4) is 0 Å². The van der Waals surface area contributed by atoms with Crippen molar-refractivity contribution in [2.24, 2.45) is 0 Å². The van der Waals surface area contributed by atoms with Crippen molar-refractivity contribution in [2.75, 3.05) is 20.2 Å². The Morgan fingerprint density at radius 1 is 1.41 bits per heavy atom. The lowest BCUT2D eigenvalue weighted by molar-refractivity contribution is -0.157. The fourth-order valence-corrected chi connectivity index (χ4v) is 4.23. The summed E-state index contributed by atoms with van der Waals surface area (Å²) in [6.45, 7) is -1.45. The van der Waals surface area contributed by atoms with E-state index in [9.17, 15) is 27.2 Å². The summed E-state index contributed by atoms with van der Waals surface area (Å²) in [5.74, 6) is -1.90. The van der Waals surface area contributed by atoms with Crippen LogP contribution in [-0.2, 0) is 16.1 Å². The number of likely N-dealkylation sites (tertiary alicyclic amines) is 1. The molecule has 0 saturated carbocycles. The summed E-state index contributed by atoms with van der Waals surface area (Å²) >= 11 is 1.04. The minimum absolute atomic E-state index is 0.0114. The Morgan fingerprint density at radius 3 is 2.81 bits per heavy atom. The number of nitrogens with one attached hydrogen (secondary N) is 1. The van der Waals surface area contributed by atoms with Crippen LogP contribution in [0.2, 0.25) is 0 Å². The van der Waals surface area contributed by atoms with Crippen molar-refractivity contribution in [1.29, 1.82) is 0 Å². The summed E-state index contributed by atoms with van der Waals surface area (Å²) in [7, 11) is 1.40. The topological polar surface area (TPSA) is 58.6 Å². The number of thiophene rings is 1. The molecule has 0 aliphatic carbocycles. The van der Waals surface area contributed by atoms with Crippen LogP contribution in [0.4, 0.5) is 17.6 Å². The van der Waals surface area contributed by atoms with E-state index in [2.05, 4.69) is 5.32 Å². The molecule has 1 aromatic carbocycles. The molecule has 5 nitrogen and oxygen atoms in total. The Morgan fingerprint density at radius 2 is 2.15 bits per heavy atom. The molecule has 0 spiro atoms. The van der Waals surface area contributed by atoms with Crippen LogP contribution in [0.5, 0.6) is 0 Å². The summed E-state index contributed by atoms with van der Waals surface area (Å²) in [4.78, 5) is 25.6. The van der Waals surface area contributed by atoms with Gasteiger partial charge in [-0.25, -0.2) is 4.39 Å². The van der Waals surface area contributed by atoms with E-state index in [1.807, 2.05) is 0 Å². The molecule has 27 heavy (non-hydrogen) atoms. The van der Waals surface area contributed by atoms with E-state index < -0.39 is 36.4 Å². The highest BCUT2D eigenvalue weighted by atomic mass is 32.1. The second kappa shape index (κ2) is 7.43. The number of carbonyl (C=O) groups excluding carboxylic acids is 2. The highest BCUT2D eigenvalue weighted by Crippen LogP contribution is 2.34. The van der Waals surface area contributed by atoms with E-state index in [0.29, 0.717) is 15.2 Å². The zero-order chi connectivity index (χ0) is 19.8. The second-order valence-electron chi connectivity index (χ2n) is 6.15. The number of benzene rings is 1. The van der Waals surface area contributed by atoms with Gasteiger partial charge < -0.3 is 15.0 Å². The molecule has 1 aromatic heterocycles. The molecule has 1 N–H and O–H groups in total. The molecule has 1 aliphatic rings.